The van der Waals surface area contributed by atoms with Crippen molar-refractivity contribution in [2.24, 2.45) is 0 Å². The molecule has 0 heterocycles. The molecule has 0 aliphatic rings. The van der Waals surface area contributed by atoms with E-state index in [4.69, 9.17) is 14.2 Å². The van der Waals surface area contributed by atoms with Crippen LogP contribution in [0.4, 0.5) is 0 Å². The summed E-state index contributed by atoms with van der Waals surface area (Å²) >= 11 is 0. The van der Waals surface area contributed by atoms with Crippen LogP contribution in [0.5, 0.6) is 5.75 Å². The van der Waals surface area contributed by atoms with Gasteiger partial charge in [0.05, 0.1) is 26.9 Å². The second-order valence-electron chi connectivity index (χ2n) is 4.37. The van der Waals surface area contributed by atoms with Gasteiger partial charge in [-0.15, -0.1) is 0 Å². The van der Waals surface area contributed by atoms with Crippen LogP contribution in [0.3, 0.4) is 0 Å². The highest BCUT2D eigenvalue weighted by Crippen LogP contribution is 2.20. The van der Waals surface area contributed by atoms with Crippen LogP contribution >= 0.6 is 0 Å². The quantitative estimate of drug-likeness (QED) is 0.661. The second-order valence-corrected chi connectivity index (χ2v) is 4.37. The highest BCUT2D eigenvalue weighted by Gasteiger charge is 2.04. The fraction of sp³-hybridized carbons (Fsp3) is 0.600. The molecule has 0 bridgehead atoms. The SMILES string of the molecule is CCCNCc1ccc(OC)c(COCCOC)c1. The summed E-state index contributed by atoms with van der Waals surface area (Å²) in [5, 5.41) is 3.39. The van der Waals surface area contributed by atoms with E-state index in [2.05, 4.69) is 24.4 Å². The molecule has 0 aliphatic heterocycles. The molecule has 108 valence electrons. The van der Waals surface area contributed by atoms with Crippen LogP contribution in [0.25, 0.3) is 0 Å². The Balaban J connectivity index is 2.56. The predicted octanol–water partition coefficient (Wildman–Crippen LogP) is 2.36. The average molecular weight is 267 g/mol. The molecule has 0 saturated heterocycles. The van der Waals surface area contributed by atoms with Crippen molar-refractivity contribution >= 4 is 0 Å². The monoisotopic (exact) mass is 267 g/mol. The smallest absolute Gasteiger partial charge is 0.124 e. The molecule has 1 rings (SSSR count). The molecular weight excluding hydrogens is 242 g/mol. The van der Waals surface area contributed by atoms with Gasteiger partial charge in [0, 0.05) is 19.2 Å². The first-order chi connectivity index (χ1) is 9.31. The van der Waals surface area contributed by atoms with E-state index in [9.17, 15) is 0 Å². The Morgan fingerprint density at radius 1 is 1.16 bits per heavy atom. The molecule has 0 radical (unpaired) electrons. The van der Waals surface area contributed by atoms with Gasteiger partial charge in [-0.25, -0.2) is 0 Å². The van der Waals surface area contributed by atoms with Gasteiger partial charge in [0.2, 0.25) is 0 Å². The third-order valence-corrected chi connectivity index (χ3v) is 2.79. The van der Waals surface area contributed by atoms with Gasteiger partial charge in [0.15, 0.2) is 0 Å². The highest BCUT2D eigenvalue weighted by molar-refractivity contribution is 5.36. The van der Waals surface area contributed by atoms with E-state index in [1.807, 2.05) is 6.07 Å². The van der Waals surface area contributed by atoms with E-state index in [1.165, 1.54) is 5.56 Å². The summed E-state index contributed by atoms with van der Waals surface area (Å²) in [4.78, 5) is 0. The van der Waals surface area contributed by atoms with Gasteiger partial charge in [-0.1, -0.05) is 13.0 Å². The summed E-state index contributed by atoms with van der Waals surface area (Å²) in [5.74, 6) is 0.872. The third kappa shape index (κ3) is 6.05. The summed E-state index contributed by atoms with van der Waals surface area (Å²) in [6.45, 7) is 5.83. The van der Waals surface area contributed by atoms with E-state index in [-0.39, 0.29) is 0 Å². The highest BCUT2D eigenvalue weighted by atomic mass is 16.5. The maximum absolute atomic E-state index is 5.56. The molecule has 0 aromatic heterocycles. The molecule has 1 aromatic carbocycles. The Hall–Kier alpha value is -1.10. The lowest BCUT2D eigenvalue weighted by Crippen LogP contribution is -2.14. The summed E-state index contributed by atoms with van der Waals surface area (Å²) in [7, 11) is 3.35. The van der Waals surface area contributed by atoms with E-state index >= 15 is 0 Å². The molecule has 0 spiro atoms. The predicted molar refractivity (Wildman–Crippen MR) is 76.5 cm³/mol. The van der Waals surface area contributed by atoms with Crippen molar-refractivity contribution in [1.29, 1.82) is 0 Å². The van der Waals surface area contributed by atoms with Gasteiger partial charge in [0.25, 0.3) is 0 Å². The van der Waals surface area contributed by atoms with Crippen molar-refractivity contribution in [3.05, 3.63) is 29.3 Å². The summed E-state index contributed by atoms with van der Waals surface area (Å²) < 4.78 is 15.9. The zero-order chi connectivity index (χ0) is 13.9. The van der Waals surface area contributed by atoms with Gasteiger partial charge >= 0.3 is 0 Å². The summed E-state index contributed by atoms with van der Waals surface area (Å²) in [6, 6.07) is 6.21. The van der Waals surface area contributed by atoms with Crippen molar-refractivity contribution in [2.75, 3.05) is 34.0 Å². The van der Waals surface area contributed by atoms with Crippen LogP contribution in [-0.2, 0) is 22.6 Å². The van der Waals surface area contributed by atoms with Crippen molar-refractivity contribution in [3.63, 3.8) is 0 Å². The number of nitrogens with one attached hydrogen (secondary N) is 1. The number of rotatable bonds is 10. The Bertz CT molecular complexity index is 355. The van der Waals surface area contributed by atoms with Gasteiger partial charge in [0.1, 0.15) is 5.75 Å². The molecule has 4 nitrogen and oxygen atoms in total. The van der Waals surface area contributed by atoms with E-state index < -0.39 is 0 Å². The molecule has 0 saturated carbocycles. The second kappa shape index (κ2) is 9.78. The Morgan fingerprint density at radius 2 is 2.00 bits per heavy atom. The normalized spacial score (nSPS) is 10.7. The number of hydrogen-bond acceptors (Lipinski definition) is 4. The molecule has 0 fully saturated rings. The molecular formula is C15H25NO3. The number of methoxy groups -OCH3 is 2. The topological polar surface area (TPSA) is 39.7 Å². The molecule has 0 amide bonds. The molecule has 0 aliphatic carbocycles. The first-order valence-electron chi connectivity index (χ1n) is 6.75. The van der Waals surface area contributed by atoms with Crippen molar-refractivity contribution < 1.29 is 14.2 Å². The Labute approximate surface area is 116 Å². The minimum absolute atomic E-state index is 0.550. The van der Waals surface area contributed by atoms with Crippen LogP contribution in [-0.4, -0.2) is 34.0 Å². The first-order valence-corrected chi connectivity index (χ1v) is 6.75. The van der Waals surface area contributed by atoms with Crippen LogP contribution in [0.15, 0.2) is 18.2 Å². The lowest BCUT2D eigenvalue weighted by Gasteiger charge is -2.12. The third-order valence-electron chi connectivity index (χ3n) is 2.79. The largest absolute Gasteiger partial charge is 0.496 e. The van der Waals surface area contributed by atoms with Crippen LogP contribution in [0.1, 0.15) is 24.5 Å². The molecule has 4 heteroatoms. The fourth-order valence-corrected chi connectivity index (χ4v) is 1.79. The van der Waals surface area contributed by atoms with Crippen LogP contribution in [0.2, 0.25) is 0 Å². The number of hydrogen-bond donors (Lipinski definition) is 1. The Kier molecular flexibility index (Phi) is 8.21. The molecule has 0 atom stereocenters. The van der Waals surface area contributed by atoms with Crippen LogP contribution in [0, 0.1) is 0 Å². The first kappa shape index (κ1) is 16.0. The maximum Gasteiger partial charge on any atom is 0.124 e. The molecule has 0 unspecified atom stereocenters. The fourth-order valence-electron chi connectivity index (χ4n) is 1.79. The minimum Gasteiger partial charge on any atom is -0.496 e. The zero-order valence-corrected chi connectivity index (χ0v) is 12.2. The lowest BCUT2D eigenvalue weighted by atomic mass is 10.1. The van der Waals surface area contributed by atoms with Gasteiger partial charge in [-0.2, -0.15) is 0 Å². The number of benzene rings is 1. The zero-order valence-electron chi connectivity index (χ0n) is 12.2. The maximum atomic E-state index is 5.56. The van der Waals surface area contributed by atoms with Crippen molar-refractivity contribution in [1.82, 2.24) is 5.32 Å². The average Bonchev–Trinajstić information content (AvgIpc) is 2.44. The minimum atomic E-state index is 0.550. The molecule has 1 N–H and O–H groups in total. The van der Waals surface area contributed by atoms with Crippen molar-refractivity contribution in [3.8, 4) is 5.75 Å². The van der Waals surface area contributed by atoms with Crippen molar-refractivity contribution in [2.45, 2.75) is 26.5 Å². The lowest BCUT2D eigenvalue weighted by molar-refractivity contribution is 0.0607. The molecule has 1 aromatic rings. The van der Waals surface area contributed by atoms with E-state index in [0.717, 1.165) is 30.8 Å². The number of ether oxygens (including phenoxy) is 3. The molecule has 19 heavy (non-hydrogen) atoms. The van der Waals surface area contributed by atoms with Gasteiger partial charge in [-0.3, -0.25) is 0 Å². The van der Waals surface area contributed by atoms with Gasteiger partial charge in [-0.05, 0) is 30.7 Å². The van der Waals surface area contributed by atoms with E-state index in [0.29, 0.717) is 19.8 Å². The Morgan fingerprint density at radius 3 is 2.68 bits per heavy atom. The van der Waals surface area contributed by atoms with Gasteiger partial charge < -0.3 is 19.5 Å². The van der Waals surface area contributed by atoms with Crippen LogP contribution < -0.4 is 10.1 Å². The summed E-state index contributed by atoms with van der Waals surface area (Å²) in [5.41, 5.74) is 2.33. The standard InChI is InChI=1S/C15H25NO3/c1-4-7-16-11-13-5-6-15(18-3)14(10-13)12-19-9-8-17-2/h5-6,10,16H,4,7-9,11-12H2,1-3H3. The van der Waals surface area contributed by atoms with E-state index in [1.54, 1.807) is 14.2 Å². The summed E-state index contributed by atoms with van der Waals surface area (Å²) in [6.07, 6.45) is 1.14.